The van der Waals surface area contributed by atoms with Crippen LogP contribution in [0.5, 0.6) is 5.75 Å². The molecule has 0 spiro atoms. The molecule has 6 nitrogen and oxygen atoms in total. The van der Waals surface area contributed by atoms with Gasteiger partial charge in [0.05, 0.1) is 18.7 Å². The third kappa shape index (κ3) is 5.79. The van der Waals surface area contributed by atoms with Crippen LogP contribution in [0.2, 0.25) is 0 Å². The van der Waals surface area contributed by atoms with Crippen molar-refractivity contribution in [3.05, 3.63) is 44.9 Å². The van der Waals surface area contributed by atoms with Crippen LogP contribution in [0.1, 0.15) is 52.3 Å². The number of aryl methyl sites for hydroxylation is 2. The first kappa shape index (κ1) is 20.9. The topological polar surface area (TPSA) is 88.5 Å². The van der Waals surface area contributed by atoms with Gasteiger partial charge in [0.15, 0.2) is 0 Å². The average molecular weight is 391 g/mol. The Kier molecular flexibility index (Phi) is 6.59. The zero-order valence-corrected chi connectivity index (χ0v) is 17.2. The van der Waals surface area contributed by atoms with Gasteiger partial charge in [-0.2, -0.15) is 0 Å². The minimum absolute atomic E-state index is 0.0309. The van der Waals surface area contributed by atoms with Gasteiger partial charge >= 0.3 is 5.97 Å². The standard InChI is InChI=1S/C20H26N2O4S/c1-12-6-7-14(20(3,4)5)15(10-12)26-9-8-21-16(23)11-17-22-13(2)18(27-17)19(24)25/h6-7,10H,8-9,11H2,1-5H3,(H,21,23)(H,24,25). The highest BCUT2D eigenvalue weighted by Crippen LogP contribution is 2.32. The molecular weight excluding hydrogens is 364 g/mol. The lowest BCUT2D eigenvalue weighted by molar-refractivity contribution is -0.120. The van der Waals surface area contributed by atoms with Gasteiger partial charge in [-0.3, -0.25) is 4.79 Å². The normalized spacial score (nSPS) is 11.3. The zero-order valence-electron chi connectivity index (χ0n) is 16.4. The molecule has 7 heteroatoms. The Morgan fingerprint density at radius 3 is 2.56 bits per heavy atom. The summed E-state index contributed by atoms with van der Waals surface area (Å²) in [6.07, 6.45) is 0.0659. The Bertz CT molecular complexity index is 837. The fourth-order valence-electron chi connectivity index (χ4n) is 2.65. The molecule has 27 heavy (non-hydrogen) atoms. The van der Waals surface area contributed by atoms with E-state index in [4.69, 9.17) is 9.84 Å². The SMILES string of the molecule is Cc1ccc(C(C)(C)C)c(OCCNC(=O)Cc2nc(C)c(C(=O)O)s2)c1. The van der Waals surface area contributed by atoms with Crippen molar-refractivity contribution in [1.82, 2.24) is 10.3 Å². The third-order valence-corrected chi connectivity index (χ3v) is 5.12. The molecule has 0 aliphatic heterocycles. The van der Waals surface area contributed by atoms with Crippen LogP contribution in [0.25, 0.3) is 0 Å². The van der Waals surface area contributed by atoms with E-state index in [2.05, 4.69) is 43.2 Å². The Morgan fingerprint density at radius 2 is 1.96 bits per heavy atom. The van der Waals surface area contributed by atoms with Gasteiger partial charge in [0.1, 0.15) is 22.2 Å². The van der Waals surface area contributed by atoms with Crippen LogP contribution in [0, 0.1) is 13.8 Å². The number of aromatic carboxylic acids is 1. The molecule has 0 fully saturated rings. The van der Waals surface area contributed by atoms with Crippen LogP contribution < -0.4 is 10.1 Å². The number of carboxylic acids is 1. The van der Waals surface area contributed by atoms with Crippen molar-refractivity contribution in [2.45, 2.75) is 46.5 Å². The molecule has 0 saturated heterocycles. The summed E-state index contributed by atoms with van der Waals surface area (Å²) in [5, 5.41) is 12.3. The lowest BCUT2D eigenvalue weighted by atomic mass is 9.86. The van der Waals surface area contributed by atoms with Gasteiger partial charge in [0.2, 0.25) is 5.91 Å². The Labute approximate surface area is 163 Å². The second-order valence-corrected chi connectivity index (χ2v) is 8.54. The lowest BCUT2D eigenvalue weighted by Crippen LogP contribution is -2.29. The number of ether oxygens (including phenoxy) is 1. The van der Waals surface area contributed by atoms with Gasteiger partial charge in [-0.15, -0.1) is 11.3 Å². The average Bonchev–Trinajstić information content (AvgIpc) is 2.91. The number of nitrogens with one attached hydrogen (secondary N) is 1. The van der Waals surface area contributed by atoms with Gasteiger partial charge in [0, 0.05) is 0 Å². The lowest BCUT2D eigenvalue weighted by Gasteiger charge is -2.23. The number of carboxylic acid groups (broad SMARTS) is 1. The van der Waals surface area contributed by atoms with E-state index >= 15 is 0 Å². The zero-order chi connectivity index (χ0) is 20.2. The summed E-state index contributed by atoms with van der Waals surface area (Å²) >= 11 is 1.04. The summed E-state index contributed by atoms with van der Waals surface area (Å²) in [6.45, 7) is 10.8. The predicted octanol–water partition coefficient (Wildman–Crippen LogP) is 3.49. The van der Waals surface area contributed by atoms with Crippen molar-refractivity contribution in [3.8, 4) is 5.75 Å². The van der Waals surface area contributed by atoms with Crippen molar-refractivity contribution < 1.29 is 19.4 Å². The quantitative estimate of drug-likeness (QED) is 0.707. The van der Waals surface area contributed by atoms with Crippen molar-refractivity contribution in [2.24, 2.45) is 0 Å². The van der Waals surface area contributed by atoms with Gasteiger partial charge in [-0.1, -0.05) is 32.9 Å². The molecule has 0 unspecified atom stereocenters. The molecule has 0 bridgehead atoms. The van der Waals surface area contributed by atoms with Crippen molar-refractivity contribution in [3.63, 3.8) is 0 Å². The number of hydrogen-bond donors (Lipinski definition) is 2. The molecule has 0 atom stereocenters. The van der Waals surface area contributed by atoms with Crippen LogP contribution in [0.15, 0.2) is 18.2 Å². The van der Waals surface area contributed by atoms with Gasteiger partial charge < -0.3 is 15.2 Å². The second-order valence-electron chi connectivity index (χ2n) is 7.45. The maximum absolute atomic E-state index is 12.0. The summed E-state index contributed by atoms with van der Waals surface area (Å²) in [4.78, 5) is 27.4. The van der Waals surface area contributed by atoms with E-state index in [9.17, 15) is 9.59 Å². The first-order valence-electron chi connectivity index (χ1n) is 8.78. The molecule has 0 aliphatic carbocycles. The smallest absolute Gasteiger partial charge is 0.347 e. The monoisotopic (exact) mass is 390 g/mol. The first-order valence-corrected chi connectivity index (χ1v) is 9.60. The van der Waals surface area contributed by atoms with Crippen molar-refractivity contribution >= 4 is 23.2 Å². The molecule has 2 aromatic rings. The van der Waals surface area contributed by atoms with E-state index in [0.717, 1.165) is 28.2 Å². The number of benzene rings is 1. The molecule has 1 amide bonds. The molecule has 1 aromatic heterocycles. The van der Waals surface area contributed by atoms with Crippen LogP contribution in [-0.2, 0) is 16.6 Å². The number of carbonyl (C=O) groups is 2. The molecular formula is C20H26N2O4S. The minimum Gasteiger partial charge on any atom is -0.491 e. The van der Waals surface area contributed by atoms with E-state index in [1.807, 2.05) is 13.0 Å². The fourth-order valence-corrected chi connectivity index (χ4v) is 3.55. The van der Waals surface area contributed by atoms with E-state index in [0.29, 0.717) is 23.9 Å². The van der Waals surface area contributed by atoms with Crippen molar-refractivity contribution in [2.75, 3.05) is 13.2 Å². The highest BCUT2D eigenvalue weighted by atomic mass is 32.1. The first-order chi connectivity index (χ1) is 12.6. The van der Waals surface area contributed by atoms with E-state index in [-0.39, 0.29) is 22.6 Å². The molecule has 2 N–H and O–H groups in total. The predicted molar refractivity (Wildman–Crippen MR) is 106 cm³/mol. The van der Waals surface area contributed by atoms with Crippen molar-refractivity contribution in [1.29, 1.82) is 0 Å². The molecule has 1 heterocycles. The summed E-state index contributed by atoms with van der Waals surface area (Å²) in [7, 11) is 0. The van der Waals surface area contributed by atoms with Gasteiger partial charge in [0.25, 0.3) is 0 Å². The van der Waals surface area contributed by atoms with Gasteiger partial charge in [-0.25, -0.2) is 9.78 Å². The molecule has 2 rings (SSSR count). The summed E-state index contributed by atoms with van der Waals surface area (Å²) in [6, 6.07) is 6.15. The largest absolute Gasteiger partial charge is 0.491 e. The third-order valence-electron chi connectivity index (χ3n) is 3.97. The number of carbonyl (C=O) groups excluding carboxylic acids is 1. The van der Waals surface area contributed by atoms with Crippen LogP contribution in [-0.4, -0.2) is 35.1 Å². The molecule has 0 radical (unpaired) electrons. The summed E-state index contributed by atoms with van der Waals surface area (Å²) in [5.74, 6) is -0.388. The maximum atomic E-state index is 12.0. The fraction of sp³-hybridized carbons (Fsp3) is 0.450. The minimum atomic E-state index is -1.02. The van der Waals surface area contributed by atoms with Gasteiger partial charge in [-0.05, 0) is 36.5 Å². The number of nitrogens with zero attached hydrogens (tertiary/aromatic N) is 1. The van der Waals surface area contributed by atoms with E-state index in [1.165, 1.54) is 0 Å². The van der Waals surface area contributed by atoms with Crippen LogP contribution >= 0.6 is 11.3 Å². The number of hydrogen-bond acceptors (Lipinski definition) is 5. The molecule has 0 saturated carbocycles. The van der Waals surface area contributed by atoms with E-state index in [1.54, 1.807) is 6.92 Å². The number of aromatic nitrogens is 1. The van der Waals surface area contributed by atoms with E-state index < -0.39 is 5.97 Å². The van der Waals surface area contributed by atoms with Crippen LogP contribution in [0.4, 0.5) is 0 Å². The Morgan fingerprint density at radius 1 is 1.26 bits per heavy atom. The molecule has 146 valence electrons. The maximum Gasteiger partial charge on any atom is 0.347 e. The Hall–Kier alpha value is -2.41. The number of rotatable bonds is 7. The second kappa shape index (κ2) is 8.52. The number of thiazole rings is 1. The Balaban J connectivity index is 1.87. The number of amides is 1. The summed E-state index contributed by atoms with van der Waals surface area (Å²) in [5.41, 5.74) is 2.65. The highest BCUT2D eigenvalue weighted by Gasteiger charge is 2.19. The van der Waals surface area contributed by atoms with Crippen LogP contribution in [0.3, 0.4) is 0 Å². The summed E-state index contributed by atoms with van der Waals surface area (Å²) < 4.78 is 5.89. The molecule has 0 aliphatic rings. The highest BCUT2D eigenvalue weighted by molar-refractivity contribution is 7.13. The molecule has 1 aromatic carbocycles.